The van der Waals surface area contributed by atoms with Crippen molar-refractivity contribution in [1.82, 2.24) is 19.4 Å². The maximum atomic E-state index is 13.0. The molecule has 1 amide bonds. The van der Waals surface area contributed by atoms with E-state index in [1.165, 1.54) is 14.0 Å². The van der Waals surface area contributed by atoms with E-state index in [-0.39, 0.29) is 23.2 Å². The molecule has 0 atom stereocenters. The zero-order valence-electron chi connectivity index (χ0n) is 15.9. The molecule has 150 valence electrons. The summed E-state index contributed by atoms with van der Waals surface area (Å²) in [7, 11) is -2.36. The number of nitrogens with zero attached hydrogens (tertiary/aromatic N) is 5. The number of amides is 1. The van der Waals surface area contributed by atoms with Gasteiger partial charge in [0.05, 0.1) is 11.4 Å². The van der Waals surface area contributed by atoms with Crippen LogP contribution >= 0.6 is 0 Å². The van der Waals surface area contributed by atoms with E-state index in [2.05, 4.69) is 15.1 Å². The van der Waals surface area contributed by atoms with Crippen LogP contribution in [0.3, 0.4) is 0 Å². The Kier molecular flexibility index (Phi) is 4.89. The molecule has 0 spiro atoms. The number of fused-ring (bicyclic) bond motifs is 1. The van der Waals surface area contributed by atoms with E-state index in [9.17, 15) is 13.2 Å². The monoisotopic (exact) mass is 413 g/mol. The maximum Gasteiger partial charge on any atom is 0.243 e. The van der Waals surface area contributed by atoms with Crippen LogP contribution in [0, 0.1) is 0 Å². The Bertz CT molecular complexity index is 1160. The molecule has 29 heavy (non-hydrogen) atoms. The number of sulfonamides is 1. The van der Waals surface area contributed by atoms with Crippen molar-refractivity contribution in [3.05, 3.63) is 54.2 Å². The zero-order chi connectivity index (χ0) is 20.6. The van der Waals surface area contributed by atoms with Crippen LogP contribution < -0.4 is 4.90 Å². The second kappa shape index (κ2) is 7.37. The lowest BCUT2D eigenvalue weighted by molar-refractivity contribution is -0.116. The fraction of sp³-hybridized carbons (Fsp3) is 0.263. The summed E-state index contributed by atoms with van der Waals surface area (Å²) in [5, 5.41) is 3.88. The molecule has 0 N–H and O–H groups in total. The Hall–Kier alpha value is -3.11. The number of benzene rings is 1. The molecule has 1 aliphatic heterocycles. The third-order valence-corrected chi connectivity index (χ3v) is 6.59. The van der Waals surface area contributed by atoms with Gasteiger partial charge in [-0.3, -0.25) is 9.78 Å². The van der Waals surface area contributed by atoms with E-state index in [0.717, 1.165) is 9.87 Å². The van der Waals surface area contributed by atoms with Crippen LogP contribution in [0.4, 0.5) is 5.69 Å². The minimum atomic E-state index is -3.81. The highest BCUT2D eigenvalue weighted by molar-refractivity contribution is 7.89. The smallest absolute Gasteiger partial charge is 0.243 e. The average molecular weight is 413 g/mol. The molecule has 10 heteroatoms. The quantitative estimate of drug-likeness (QED) is 0.628. The molecular formula is C19H19N5O4S. The average Bonchev–Trinajstić information content (AvgIpc) is 3.35. The van der Waals surface area contributed by atoms with Crippen molar-refractivity contribution >= 4 is 21.6 Å². The van der Waals surface area contributed by atoms with Gasteiger partial charge in [0.1, 0.15) is 0 Å². The topological polar surface area (TPSA) is 110 Å². The molecular weight excluding hydrogens is 394 g/mol. The van der Waals surface area contributed by atoms with E-state index < -0.39 is 10.0 Å². The van der Waals surface area contributed by atoms with Gasteiger partial charge in [-0.05, 0) is 36.2 Å². The molecule has 1 aromatic carbocycles. The summed E-state index contributed by atoms with van der Waals surface area (Å²) in [6, 6.07) is 8.40. The summed E-state index contributed by atoms with van der Waals surface area (Å²) in [6.07, 6.45) is 3.94. The summed E-state index contributed by atoms with van der Waals surface area (Å²) >= 11 is 0. The number of carbonyl (C=O) groups is 1. The van der Waals surface area contributed by atoms with Gasteiger partial charge in [-0.25, -0.2) is 8.42 Å². The van der Waals surface area contributed by atoms with Crippen LogP contribution in [-0.2, 0) is 27.8 Å². The van der Waals surface area contributed by atoms with Crippen LogP contribution in [-0.4, -0.2) is 47.3 Å². The molecule has 3 heterocycles. The first-order valence-corrected chi connectivity index (χ1v) is 10.4. The Morgan fingerprint density at radius 2 is 2.14 bits per heavy atom. The summed E-state index contributed by atoms with van der Waals surface area (Å²) in [5.74, 6) is 0.399. The van der Waals surface area contributed by atoms with E-state index in [1.807, 2.05) is 0 Å². The minimum absolute atomic E-state index is 0.0803. The van der Waals surface area contributed by atoms with Gasteiger partial charge in [0.2, 0.25) is 27.6 Å². The number of pyridine rings is 1. The Labute approximate surface area is 168 Å². The fourth-order valence-electron chi connectivity index (χ4n) is 3.23. The normalized spacial score (nSPS) is 13.7. The predicted molar refractivity (Wildman–Crippen MR) is 104 cm³/mol. The fourth-order valence-corrected chi connectivity index (χ4v) is 4.37. The first-order valence-electron chi connectivity index (χ1n) is 8.96. The van der Waals surface area contributed by atoms with Crippen LogP contribution in [0.25, 0.3) is 11.4 Å². The van der Waals surface area contributed by atoms with Gasteiger partial charge in [0.25, 0.3) is 0 Å². The van der Waals surface area contributed by atoms with Gasteiger partial charge in [-0.15, -0.1) is 0 Å². The number of anilines is 1. The molecule has 2 aromatic heterocycles. The molecule has 1 aliphatic rings. The molecule has 0 unspecified atom stereocenters. The standard InChI is InChI=1S/C19H19N5O4S/c1-13(25)24-9-7-14-5-6-16(10-17(14)24)29(26,27)23(2)12-18-21-19(22-28-18)15-4-3-8-20-11-15/h3-6,8,10-11H,7,9,12H2,1-2H3. The molecule has 0 bridgehead atoms. The lowest BCUT2D eigenvalue weighted by Crippen LogP contribution is -2.28. The largest absolute Gasteiger partial charge is 0.338 e. The van der Waals surface area contributed by atoms with Crippen molar-refractivity contribution in [2.24, 2.45) is 0 Å². The van der Waals surface area contributed by atoms with Crippen molar-refractivity contribution in [3.63, 3.8) is 0 Å². The summed E-state index contributed by atoms with van der Waals surface area (Å²) in [5.41, 5.74) is 2.28. The lowest BCUT2D eigenvalue weighted by atomic mass is 10.2. The number of hydrogen-bond acceptors (Lipinski definition) is 7. The van der Waals surface area contributed by atoms with Crippen LogP contribution in [0.5, 0.6) is 0 Å². The van der Waals surface area contributed by atoms with Crippen molar-refractivity contribution in [1.29, 1.82) is 0 Å². The molecule has 0 saturated carbocycles. The van der Waals surface area contributed by atoms with Crippen molar-refractivity contribution < 1.29 is 17.7 Å². The Morgan fingerprint density at radius 3 is 2.86 bits per heavy atom. The van der Waals surface area contributed by atoms with Gasteiger partial charge in [-0.1, -0.05) is 11.2 Å². The van der Waals surface area contributed by atoms with E-state index in [4.69, 9.17) is 4.52 Å². The van der Waals surface area contributed by atoms with Crippen LogP contribution in [0.2, 0.25) is 0 Å². The minimum Gasteiger partial charge on any atom is -0.338 e. The van der Waals surface area contributed by atoms with Crippen molar-refractivity contribution in [3.8, 4) is 11.4 Å². The van der Waals surface area contributed by atoms with Crippen molar-refractivity contribution in [2.45, 2.75) is 24.8 Å². The second-order valence-electron chi connectivity index (χ2n) is 6.73. The van der Waals surface area contributed by atoms with Gasteiger partial charge in [0, 0.05) is 44.2 Å². The second-order valence-corrected chi connectivity index (χ2v) is 8.77. The van der Waals surface area contributed by atoms with Crippen LogP contribution in [0.1, 0.15) is 18.4 Å². The van der Waals surface area contributed by atoms with Gasteiger partial charge in [-0.2, -0.15) is 9.29 Å². The van der Waals surface area contributed by atoms with Crippen molar-refractivity contribution in [2.75, 3.05) is 18.5 Å². The summed E-state index contributed by atoms with van der Waals surface area (Å²) in [4.78, 5) is 21.7. The molecule has 4 rings (SSSR count). The molecule has 0 fully saturated rings. The first kappa shape index (κ1) is 19.2. The van der Waals surface area contributed by atoms with Gasteiger partial charge in [0.15, 0.2) is 0 Å². The zero-order valence-corrected chi connectivity index (χ0v) is 16.8. The molecule has 3 aromatic rings. The molecule has 9 nitrogen and oxygen atoms in total. The highest BCUT2D eigenvalue weighted by Gasteiger charge is 2.28. The number of rotatable bonds is 5. The molecule has 0 radical (unpaired) electrons. The summed E-state index contributed by atoms with van der Waals surface area (Å²) in [6.45, 7) is 1.95. The van der Waals surface area contributed by atoms with E-state index in [0.29, 0.717) is 30.0 Å². The number of hydrogen-bond donors (Lipinski definition) is 0. The van der Waals surface area contributed by atoms with E-state index >= 15 is 0 Å². The van der Waals surface area contributed by atoms with Gasteiger partial charge >= 0.3 is 0 Å². The third-order valence-electron chi connectivity index (χ3n) is 4.79. The lowest BCUT2D eigenvalue weighted by Gasteiger charge is -2.18. The molecule has 0 aliphatic carbocycles. The van der Waals surface area contributed by atoms with Crippen LogP contribution in [0.15, 0.2) is 52.1 Å². The maximum absolute atomic E-state index is 13.0. The first-order chi connectivity index (χ1) is 13.9. The SMILES string of the molecule is CC(=O)N1CCc2ccc(S(=O)(=O)N(C)Cc3nc(-c4cccnc4)no3)cc21. The number of carbonyl (C=O) groups excluding carboxylic acids is 1. The molecule has 0 saturated heterocycles. The Morgan fingerprint density at radius 1 is 1.31 bits per heavy atom. The third kappa shape index (κ3) is 3.64. The Balaban J connectivity index is 1.56. The highest BCUT2D eigenvalue weighted by Crippen LogP contribution is 2.31. The van der Waals surface area contributed by atoms with E-state index in [1.54, 1.807) is 47.6 Å². The predicted octanol–water partition coefficient (Wildman–Crippen LogP) is 1.86. The van der Waals surface area contributed by atoms with Gasteiger partial charge < -0.3 is 9.42 Å². The number of aromatic nitrogens is 3. The highest BCUT2D eigenvalue weighted by atomic mass is 32.2. The summed E-state index contributed by atoms with van der Waals surface area (Å²) < 4.78 is 32.4.